The van der Waals surface area contributed by atoms with Crippen molar-refractivity contribution in [3.63, 3.8) is 0 Å². The molecule has 0 aliphatic carbocycles. The molecule has 3 atom stereocenters. The highest BCUT2D eigenvalue weighted by Crippen LogP contribution is 2.39. The summed E-state index contributed by atoms with van der Waals surface area (Å²) in [6.07, 6.45) is -4.89. The fourth-order valence-electron chi connectivity index (χ4n) is 3.57. The standard InChI is InChI=1S/C21H19F3N4O3/c1-21(18(30-2)17(19(23)24)31-20(26)28-21)13-7-11(3-5-14(13)22)8-16(29)15-6-4-12(9-25)10-27-15/h3-7,10,17-19H,8H2,1-2H3,(H2,26,28)/t17?,18-,21+/m1/s1. The van der Waals surface area contributed by atoms with Crippen LogP contribution in [-0.4, -0.2) is 42.5 Å². The normalized spacial score (nSPS) is 23.1. The van der Waals surface area contributed by atoms with E-state index in [9.17, 15) is 18.0 Å². The summed E-state index contributed by atoms with van der Waals surface area (Å²) in [7, 11) is 1.19. The number of nitrogens with two attached hydrogens (primary N) is 1. The molecule has 0 saturated carbocycles. The molecule has 0 radical (unpaired) electrons. The lowest BCUT2D eigenvalue weighted by Crippen LogP contribution is -2.55. The second-order valence-corrected chi connectivity index (χ2v) is 7.13. The van der Waals surface area contributed by atoms with Crippen molar-refractivity contribution in [3.05, 3.63) is 64.7 Å². The number of halogens is 3. The Morgan fingerprint density at radius 2 is 2.13 bits per heavy atom. The van der Waals surface area contributed by atoms with Crippen molar-refractivity contribution in [2.75, 3.05) is 7.11 Å². The Labute approximate surface area is 176 Å². The zero-order valence-corrected chi connectivity index (χ0v) is 16.7. The van der Waals surface area contributed by atoms with Crippen molar-refractivity contribution >= 4 is 11.8 Å². The summed E-state index contributed by atoms with van der Waals surface area (Å²) in [5.41, 5.74) is 4.77. The first-order chi connectivity index (χ1) is 14.7. The number of Topliss-reactive ketones (excluding diaryl/α,β-unsaturated/α-hetero) is 1. The topological polar surface area (TPSA) is 111 Å². The summed E-state index contributed by atoms with van der Waals surface area (Å²) >= 11 is 0. The van der Waals surface area contributed by atoms with Crippen molar-refractivity contribution in [2.24, 2.45) is 10.7 Å². The van der Waals surface area contributed by atoms with Crippen LogP contribution in [0.4, 0.5) is 13.2 Å². The van der Waals surface area contributed by atoms with E-state index >= 15 is 0 Å². The van der Waals surface area contributed by atoms with Crippen LogP contribution in [0.2, 0.25) is 0 Å². The van der Waals surface area contributed by atoms with Crippen LogP contribution in [0.1, 0.15) is 34.1 Å². The lowest BCUT2D eigenvalue weighted by Gasteiger charge is -2.41. The molecular weight excluding hydrogens is 413 g/mol. The molecule has 31 heavy (non-hydrogen) atoms. The molecule has 1 unspecified atom stereocenters. The summed E-state index contributed by atoms with van der Waals surface area (Å²) in [5.74, 6) is -1.08. The average Bonchev–Trinajstić information content (AvgIpc) is 2.74. The number of carbonyl (C=O) groups is 1. The van der Waals surface area contributed by atoms with Crippen LogP contribution in [0.5, 0.6) is 0 Å². The van der Waals surface area contributed by atoms with Gasteiger partial charge in [0.25, 0.3) is 12.4 Å². The van der Waals surface area contributed by atoms with E-state index < -0.39 is 36.0 Å². The zero-order chi connectivity index (χ0) is 22.8. The molecular formula is C21H19F3N4O3. The Morgan fingerprint density at radius 3 is 2.71 bits per heavy atom. The van der Waals surface area contributed by atoms with E-state index in [1.54, 1.807) is 0 Å². The number of hydrogen-bond acceptors (Lipinski definition) is 7. The molecule has 0 fully saturated rings. The fourth-order valence-corrected chi connectivity index (χ4v) is 3.57. The summed E-state index contributed by atoms with van der Waals surface area (Å²) in [6.45, 7) is 1.41. The number of amidine groups is 1. The molecule has 7 nitrogen and oxygen atoms in total. The minimum absolute atomic E-state index is 0.0608. The number of carbonyl (C=O) groups excluding carboxylic acids is 1. The van der Waals surface area contributed by atoms with Crippen molar-refractivity contribution < 1.29 is 27.4 Å². The third-order valence-electron chi connectivity index (χ3n) is 5.07. The molecule has 1 aliphatic heterocycles. The number of alkyl halides is 2. The van der Waals surface area contributed by atoms with E-state index in [1.165, 1.54) is 44.5 Å². The van der Waals surface area contributed by atoms with Gasteiger partial charge < -0.3 is 15.2 Å². The van der Waals surface area contributed by atoms with Crippen LogP contribution in [0.3, 0.4) is 0 Å². The van der Waals surface area contributed by atoms with Crippen LogP contribution in [-0.2, 0) is 21.4 Å². The van der Waals surface area contributed by atoms with Gasteiger partial charge in [0.1, 0.15) is 29.2 Å². The van der Waals surface area contributed by atoms with E-state index in [4.69, 9.17) is 20.5 Å². The summed E-state index contributed by atoms with van der Waals surface area (Å²) in [4.78, 5) is 20.6. The highest BCUT2D eigenvalue weighted by molar-refractivity contribution is 5.95. The number of ketones is 1. The van der Waals surface area contributed by atoms with E-state index in [0.29, 0.717) is 11.1 Å². The Balaban J connectivity index is 1.96. The summed E-state index contributed by atoms with van der Waals surface area (Å²) in [6, 6.07) is 8.18. The number of aromatic nitrogens is 1. The molecule has 1 aliphatic rings. The molecule has 3 rings (SSSR count). The van der Waals surface area contributed by atoms with Crippen molar-refractivity contribution in [3.8, 4) is 6.07 Å². The van der Waals surface area contributed by atoms with Crippen LogP contribution in [0.15, 0.2) is 41.5 Å². The molecule has 0 saturated heterocycles. The molecule has 1 aromatic heterocycles. The van der Waals surface area contributed by atoms with Crippen molar-refractivity contribution in [1.82, 2.24) is 4.98 Å². The summed E-state index contributed by atoms with van der Waals surface area (Å²) in [5, 5.41) is 8.82. The van der Waals surface area contributed by atoms with Crippen molar-refractivity contribution in [1.29, 1.82) is 5.26 Å². The highest BCUT2D eigenvalue weighted by Gasteiger charge is 2.51. The Morgan fingerprint density at radius 1 is 1.39 bits per heavy atom. The second-order valence-electron chi connectivity index (χ2n) is 7.13. The lowest BCUT2D eigenvalue weighted by atomic mass is 9.82. The zero-order valence-electron chi connectivity index (χ0n) is 16.7. The molecule has 0 bridgehead atoms. The number of nitriles is 1. The van der Waals surface area contributed by atoms with Gasteiger partial charge >= 0.3 is 0 Å². The molecule has 10 heteroatoms. The molecule has 2 heterocycles. The van der Waals surface area contributed by atoms with Gasteiger partial charge in [0, 0.05) is 25.3 Å². The molecule has 2 N–H and O–H groups in total. The Kier molecular flexibility index (Phi) is 6.27. The maximum atomic E-state index is 14.8. The number of pyridine rings is 1. The van der Waals surface area contributed by atoms with Crippen LogP contribution in [0, 0.1) is 17.1 Å². The Hall–Kier alpha value is -3.45. The minimum atomic E-state index is -2.95. The van der Waals surface area contributed by atoms with E-state index in [1.807, 2.05) is 6.07 Å². The minimum Gasteiger partial charge on any atom is -0.453 e. The number of nitrogens with zero attached hydrogens (tertiary/aromatic N) is 3. The van der Waals surface area contributed by atoms with E-state index in [-0.39, 0.29) is 23.5 Å². The van der Waals surface area contributed by atoms with Gasteiger partial charge in [0.05, 0.1) is 5.56 Å². The second kappa shape index (κ2) is 8.73. The van der Waals surface area contributed by atoms with Gasteiger partial charge in [-0.05, 0) is 36.8 Å². The fraction of sp³-hybridized carbons (Fsp3) is 0.333. The lowest BCUT2D eigenvalue weighted by molar-refractivity contribution is -0.121. The maximum absolute atomic E-state index is 14.8. The van der Waals surface area contributed by atoms with Crippen LogP contribution in [0.25, 0.3) is 0 Å². The van der Waals surface area contributed by atoms with Gasteiger partial charge in [-0.15, -0.1) is 0 Å². The highest BCUT2D eigenvalue weighted by atomic mass is 19.3. The van der Waals surface area contributed by atoms with Gasteiger partial charge in [-0.1, -0.05) is 6.07 Å². The van der Waals surface area contributed by atoms with Crippen LogP contribution < -0.4 is 5.73 Å². The molecule has 162 valence electrons. The average molecular weight is 432 g/mol. The third-order valence-corrected chi connectivity index (χ3v) is 5.07. The maximum Gasteiger partial charge on any atom is 0.283 e. The van der Waals surface area contributed by atoms with Gasteiger partial charge in [0.15, 0.2) is 11.9 Å². The predicted molar refractivity (Wildman–Crippen MR) is 104 cm³/mol. The number of ether oxygens (including phenoxy) is 2. The molecule has 0 amide bonds. The number of benzene rings is 1. The Bertz CT molecular complexity index is 1050. The van der Waals surface area contributed by atoms with Gasteiger partial charge in [0.2, 0.25) is 0 Å². The molecule has 0 spiro atoms. The SMILES string of the molecule is CO[C@@H]1C(C(F)F)OC(N)=N[C@@]1(C)c1cc(CC(=O)c2ccc(C#N)cn2)ccc1F. The first-order valence-corrected chi connectivity index (χ1v) is 9.20. The molecule has 1 aromatic carbocycles. The van der Waals surface area contributed by atoms with Gasteiger partial charge in [-0.3, -0.25) is 9.78 Å². The third kappa shape index (κ3) is 4.36. The first-order valence-electron chi connectivity index (χ1n) is 9.20. The van der Waals surface area contributed by atoms with Crippen LogP contribution >= 0.6 is 0 Å². The van der Waals surface area contributed by atoms with Gasteiger partial charge in [-0.25, -0.2) is 18.2 Å². The largest absolute Gasteiger partial charge is 0.453 e. The summed E-state index contributed by atoms with van der Waals surface area (Å²) < 4.78 is 51.9. The predicted octanol–water partition coefficient (Wildman–Crippen LogP) is 2.73. The van der Waals surface area contributed by atoms with Crippen molar-refractivity contribution in [2.45, 2.75) is 37.5 Å². The number of rotatable bonds is 6. The van der Waals surface area contributed by atoms with E-state index in [0.717, 1.165) is 6.07 Å². The number of aliphatic imine (C=N–C) groups is 1. The first kappa shape index (κ1) is 22.2. The van der Waals surface area contributed by atoms with Gasteiger partial charge in [-0.2, -0.15) is 5.26 Å². The van der Waals surface area contributed by atoms with E-state index in [2.05, 4.69) is 9.98 Å². The smallest absolute Gasteiger partial charge is 0.283 e. The quantitative estimate of drug-likeness (QED) is 0.703. The number of hydrogen-bond donors (Lipinski definition) is 1. The molecule has 2 aromatic rings. The number of methoxy groups -OCH3 is 1. The monoisotopic (exact) mass is 432 g/mol.